The molecule has 0 saturated carbocycles. The highest BCUT2D eigenvalue weighted by molar-refractivity contribution is 5.96. The predicted octanol–water partition coefficient (Wildman–Crippen LogP) is 0.609. The van der Waals surface area contributed by atoms with Crippen molar-refractivity contribution in [3.8, 4) is 0 Å². The molecule has 2 heterocycles. The smallest absolute Gasteiger partial charge is 0.241 e. The van der Waals surface area contributed by atoms with Crippen LogP contribution in [-0.2, 0) is 11.2 Å². The molecule has 4 nitrogen and oxygen atoms in total. The van der Waals surface area contributed by atoms with Crippen LogP contribution in [-0.4, -0.2) is 43.0 Å². The molecule has 1 saturated heterocycles. The molecule has 1 amide bonds. The van der Waals surface area contributed by atoms with Gasteiger partial charge in [-0.2, -0.15) is 0 Å². The molecule has 3 rings (SSSR count). The Kier molecular flexibility index (Phi) is 3.06. The van der Waals surface area contributed by atoms with Crippen molar-refractivity contribution in [2.45, 2.75) is 18.9 Å². The lowest BCUT2D eigenvalue weighted by Crippen LogP contribution is -2.39. The second kappa shape index (κ2) is 4.71. The van der Waals surface area contributed by atoms with Crippen LogP contribution in [0.15, 0.2) is 24.3 Å². The highest BCUT2D eigenvalue weighted by Gasteiger charge is 2.27. The first kappa shape index (κ1) is 11.7. The third-order valence-electron chi connectivity index (χ3n) is 3.86. The van der Waals surface area contributed by atoms with Gasteiger partial charge in [-0.1, -0.05) is 18.2 Å². The highest BCUT2D eigenvalue weighted by Crippen LogP contribution is 2.27. The third kappa shape index (κ3) is 2.13. The molecule has 96 valence electrons. The van der Waals surface area contributed by atoms with E-state index in [0.717, 1.165) is 38.2 Å². The van der Waals surface area contributed by atoms with Crippen molar-refractivity contribution >= 4 is 11.6 Å². The number of rotatable bonds is 2. The van der Waals surface area contributed by atoms with E-state index in [2.05, 4.69) is 11.0 Å². The second-order valence-corrected chi connectivity index (χ2v) is 5.21. The topological polar surface area (TPSA) is 49.6 Å². The number of carbonyl (C=O) groups excluding carboxylic acids is 1. The minimum atomic E-state index is 0.203. The van der Waals surface area contributed by atoms with E-state index in [1.807, 2.05) is 23.1 Å². The zero-order chi connectivity index (χ0) is 12.5. The molecule has 0 aliphatic carbocycles. The standard InChI is InChI=1S/C14H19N3O/c15-12-6-7-16(9-12)10-14(18)17-8-5-11-3-1-2-4-13(11)17/h1-4,12H,5-10,15H2/t12-/m1/s1. The van der Waals surface area contributed by atoms with Gasteiger partial charge in [-0.25, -0.2) is 0 Å². The Labute approximate surface area is 107 Å². The molecule has 2 aliphatic heterocycles. The predicted molar refractivity (Wildman–Crippen MR) is 71.5 cm³/mol. The highest BCUT2D eigenvalue weighted by atomic mass is 16.2. The van der Waals surface area contributed by atoms with E-state index in [1.54, 1.807) is 0 Å². The largest absolute Gasteiger partial charge is 0.326 e. The van der Waals surface area contributed by atoms with Crippen LogP contribution in [0.2, 0.25) is 0 Å². The summed E-state index contributed by atoms with van der Waals surface area (Å²) < 4.78 is 0. The normalized spacial score (nSPS) is 23.4. The molecule has 0 radical (unpaired) electrons. The minimum Gasteiger partial charge on any atom is -0.326 e. The zero-order valence-corrected chi connectivity index (χ0v) is 10.5. The van der Waals surface area contributed by atoms with Gasteiger partial charge in [0.15, 0.2) is 0 Å². The van der Waals surface area contributed by atoms with Crippen molar-refractivity contribution in [3.05, 3.63) is 29.8 Å². The Balaban J connectivity index is 1.67. The van der Waals surface area contributed by atoms with E-state index >= 15 is 0 Å². The molecule has 1 fully saturated rings. The Bertz CT molecular complexity index is 460. The number of benzene rings is 1. The SMILES string of the molecule is N[C@@H]1CCN(CC(=O)N2CCc3ccccc32)C1. The van der Waals surface area contributed by atoms with Gasteiger partial charge in [-0.3, -0.25) is 9.69 Å². The molecule has 0 bridgehead atoms. The van der Waals surface area contributed by atoms with E-state index in [0.29, 0.717) is 6.54 Å². The number of anilines is 1. The first-order chi connectivity index (χ1) is 8.74. The summed E-state index contributed by atoms with van der Waals surface area (Å²) in [5.41, 5.74) is 8.23. The summed E-state index contributed by atoms with van der Waals surface area (Å²) in [6.45, 7) is 3.11. The lowest BCUT2D eigenvalue weighted by molar-refractivity contribution is -0.119. The van der Waals surface area contributed by atoms with Crippen LogP contribution in [0.4, 0.5) is 5.69 Å². The van der Waals surface area contributed by atoms with E-state index in [4.69, 9.17) is 5.73 Å². The van der Waals surface area contributed by atoms with Crippen LogP contribution in [0.25, 0.3) is 0 Å². The molecule has 1 aromatic rings. The summed E-state index contributed by atoms with van der Waals surface area (Å²) in [6, 6.07) is 8.41. The summed E-state index contributed by atoms with van der Waals surface area (Å²) >= 11 is 0. The molecule has 0 spiro atoms. The van der Waals surface area contributed by atoms with Crippen molar-refractivity contribution in [2.75, 3.05) is 31.1 Å². The number of carbonyl (C=O) groups is 1. The number of para-hydroxylation sites is 1. The Morgan fingerprint density at radius 1 is 1.33 bits per heavy atom. The maximum atomic E-state index is 12.3. The van der Waals surface area contributed by atoms with E-state index < -0.39 is 0 Å². The molecule has 2 N–H and O–H groups in total. The van der Waals surface area contributed by atoms with Crippen molar-refractivity contribution in [3.63, 3.8) is 0 Å². The summed E-state index contributed by atoms with van der Waals surface area (Å²) in [4.78, 5) is 16.4. The Morgan fingerprint density at radius 3 is 2.94 bits per heavy atom. The number of amides is 1. The molecule has 4 heteroatoms. The average molecular weight is 245 g/mol. The Morgan fingerprint density at radius 2 is 2.17 bits per heavy atom. The van der Waals surface area contributed by atoms with Gasteiger partial charge in [-0.05, 0) is 24.5 Å². The van der Waals surface area contributed by atoms with Crippen LogP contribution in [0.1, 0.15) is 12.0 Å². The summed E-state index contributed by atoms with van der Waals surface area (Å²) in [7, 11) is 0. The van der Waals surface area contributed by atoms with Gasteiger partial charge in [0.1, 0.15) is 0 Å². The number of hydrogen-bond donors (Lipinski definition) is 1. The first-order valence-corrected chi connectivity index (χ1v) is 6.60. The summed E-state index contributed by atoms with van der Waals surface area (Å²) in [5.74, 6) is 0.203. The quantitative estimate of drug-likeness (QED) is 0.830. The van der Waals surface area contributed by atoms with Crippen molar-refractivity contribution < 1.29 is 4.79 Å². The zero-order valence-electron chi connectivity index (χ0n) is 10.5. The van der Waals surface area contributed by atoms with E-state index in [-0.39, 0.29) is 11.9 Å². The van der Waals surface area contributed by atoms with E-state index in [1.165, 1.54) is 5.56 Å². The fourth-order valence-corrected chi connectivity index (χ4v) is 2.88. The molecule has 18 heavy (non-hydrogen) atoms. The molecule has 0 aromatic heterocycles. The molecular formula is C14H19N3O. The number of fused-ring (bicyclic) bond motifs is 1. The average Bonchev–Trinajstić information content (AvgIpc) is 2.95. The fourth-order valence-electron chi connectivity index (χ4n) is 2.88. The van der Waals surface area contributed by atoms with Crippen LogP contribution >= 0.6 is 0 Å². The maximum Gasteiger partial charge on any atom is 0.241 e. The van der Waals surface area contributed by atoms with Crippen LogP contribution in [0.5, 0.6) is 0 Å². The van der Waals surface area contributed by atoms with Gasteiger partial charge >= 0.3 is 0 Å². The molecule has 1 atom stereocenters. The minimum absolute atomic E-state index is 0.203. The third-order valence-corrected chi connectivity index (χ3v) is 3.86. The second-order valence-electron chi connectivity index (χ2n) is 5.21. The number of nitrogens with two attached hydrogens (primary N) is 1. The molecule has 1 aromatic carbocycles. The monoisotopic (exact) mass is 245 g/mol. The maximum absolute atomic E-state index is 12.3. The van der Waals surface area contributed by atoms with E-state index in [9.17, 15) is 4.79 Å². The van der Waals surface area contributed by atoms with Crippen molar-refractivity contribution in [2.24, 2.45) is 5.73 Å². The fraction of sp³-hybridized carbons (Fsp3) is 0.500. The lowest BCUT2D eigenvalue weighted by atomic mass is 10.2. The summed E-state index contributed by atoms with van der Waals surface area (Å²) in [5, 5.41) is 0. The lowest BCUT2D eigenvalue weighted by Gasteiger charge is -2.21. The van der Waals surface area contributed by atoms with Crippen LogP contribution in [0.3, 0.4) is 0 Å². The molecular weight excluding hydrogens is 226 g/mol. The van der Waals surface area contributed by atoms with Crippen LogP contribution in [0, 0.1) is 0 Å². The van der Waals surface area contributed by atoms with Gasteiger partial charge in [0.05, 0.1) is 6.54 Å². The van der Waals surface area contributed by atoms with Crippen molar-refractivity contribution in [1.29, 1.82) is 0 Å². The first-order valence-electron chi connectivity index (χ1n) is 6.60. The number of hydrogen-bond acceptors (Lipinski definition) is 3. The van der Waals surface area contributed by atoms with Crippen molar-refractivity contribution in [1.82, 2.24) is 4.90 Å². The Hall–Kier alpha value is -1.39. The number of nitrogens with zero attached hydrogens (tertiary/aromatic N) is 2. The van der Waals surface area contributed by atoms with Gasteiger partial charge < -0.3 is 10.6 Å². The molecule has 2 aliphatic rings. The van der Waals surface area contributed by atoms with Gasteiger partial charge in [0.2, 0.25) is 5.91 Å². The van der Waals surface area contributed by atoms with Gasteiger partial charge in [-0.15, -0.1) is 0 Å². The number of likely N-dealkylation sites (tertiary alicyclic amines) is 1. The molecule has 0 unspecified atom stereocenters. The summed E-state index contributed by atoms with van der Waals surface area (Å²) in [6.07, 6.45) is 1.98. The van der Waals surface area contributed by atoms with Gasteiger partial charge in [0.25, 0.3) is 0 Å². The van der Waals surface area contributed by atoms with Crippen LogP contribution < -0.4 is 10.6 Å². The van der Waals surface area contributed by atoms with Gasteiger partial charge in [0, 0.05) is 31.4 Å².